The lowest BCUT2D eigenvalue weighted by molar-refractivity contribution is -0.143. The summed E-state index contributed by atoms with van der Waals surface area (Å²) in [5, 5.41) is 11.2. The summed E-state index contributed by atoms with van der Waals surface area (Å²) in [5.41, 5.74) is 0.0185. The number of rotatable bonds is 2. The molecule has 1 aromatic rings. The van der Waals surface area contributed by atoms with E-state index >= 15 is 0 Å². The highest BCUT2D eigenvalue weighted by Crippen LogP contribution is 2.63. The van der Waals surface area contributed by atoms with E-state index in [1.807, 2.05) is 6.07 Å². The third kappa shape index (κ3) is 0.883. The second-order valence-corrected chi connectivity index (χ2v) is 5.48. The van der Waals surface area contributed by atoms with Gasteiger partial charge in [-0.1, -0.05) is 6.07 Å². The van der Waals surface area contributed by atoms with Crippen molar-refractivity contribution < 1.29 is 9.90 Å². The fourth-order valence-corrected chi connectivity index (χ4v) is 4.26. The first-order chi connectivity index (χ1) is 6.72. The van der Waals surface area contributed by atoms with Gasteiger partial charge in [0.15, 0.2) is 0 Å². The quantitative estimate of drug-likeness (QED) is 0.810. The largest absolute Gasteiger partial charge is 0.481 e. The van der Waals surface area contributed by atoms with E-state index in [1.54, 1.807) is 11.3 Å². The van der Waals surface area contributed by atoms with Crippen LogP contribution in [0.3, 0.4) is 0 Å². The van der Waals surface area contributed by atoms with Crippen molar-refractivity contribution in [2.75, 3.05) is 0 Å². The Bertz CT molecular complexity index is 363. The van der Waals surface area contributed by atoms with E-state index in [-0.39, 0.29) is 11.3 Å². The maximum Gasteiger partial charge on any atom is 0.307 e. The molecule has 2 bridgehead atoms. The Morgan fingerprint density at radius 2 is 2.36 bits per heavy atom. The normalized spacial score (nSPS) is 39.4. The minimum atomic E-state index is -0.599. The number of hydrogen-bond donors (Lipinski definition) is 1. The van der Waals surface area contributed by atoms with Crippen LogP contribution in [0.1, 0.15) is 24.1 Å². The van der Waals surface area contributed by atoms with Gasteiger partial charge in [-0.3, -0.25) is 4.79 Å². The molecule has 0 saturated heterocycles. The molecule has 3 fully saturated rings. The van der Waals surface area contributed by atoms with Crippen LogP contribution in [0.5, 0.6) is 0 Å². The molecule has 4 rings (SSSR count). The van der Waals surface area contributed by atoms with Crippen molar-refractivity contribution in [3.05, 3.63) is 22.4 Å². The minimum absolute atomic E-state index is 0.0185. The topological polar surface area (TPSA) is 37.3 Å². The molecule has 1 aromatic heterocycles. The van der Waals surface area contributed by atoms with Gasteiger partial charge in [0.2, 0.25) is 0 Å². The van der Waals surface area contributed by atoms with Gasteiger partial charge in [-0.25, -0.2) is 0 Å². The minimum Gasteiger partial charge on any atom is -0.481 e. The van der Waals surface area contributed by atoms with E-state index in [0.717, 1.165) is 19.3 Å². The Kier molecular flexibility index (Phi) is 1.57. The molecule has 0 amide bonds. The van der Waals surface area contributed by atoms with Crippen molar-refractivity contribution in [2.24, 2.45) is 11.8 Å². The van der Waals surface area contributed by atoms with E-state index in [1.165, 1.54) is 4.88 Å². The summed E-state index contributed by atoms with van der Waals surface area (Å²) in [7, 11) is 0. The Labute approximate surface area is 86.6 Å². The number of aliphatic carboxylic acids is 1. The predicted molar refractivity (Wildman–Crippen MR) is 54.5 cm³/mol. The van der Waals surface area contributed by atoms with Gasteiger partial charge in [0.05, 0.1) is 5.92 Å². The molecule has 3 saturated carbocycles. The van der Waals surface area contributed by atoms with Crippen LogP contribution in [-0.4, -0.2) is 11.1 Å². The lowest BCUT2D eigenvalue weighted by Crippen LogP contribution is -2.38. The van der Waals surface area contributed by atoms with Gasteiger partial charge < -0.3 is 5.11 Å². The Balaban J connectivity index is 2.01. The number of hydrogen-bond acceptors (Lipinski definition) is 2. The molecule has 1 atom stereocenters. The molecule has 0 aromatic carbocycles. The van der Waals surface area contributed by atoms with Crippen LogP contribution in [0.25, 0.3) is 0 Å². The van der Waals surface area contributed by atoms with E-state index in [0.29, 0.717) is 5.92 Å². The summed E-state index contributed by atoms with van der Waals surface area (Å²) in [5.74, 6) is -0.0391. The maximum absolute atomic E-state index is 11.1. The summed E-state index contributed by atoms with van der Waals surface area (Å²) >= 11 is 1.71. The van der Waals surface area contributed by atoms with Crippen LogP contribution < -0.4 is 0 Å². The first kappa shape index (κ1) is 8.48. The van der Waals surface area contributed by atoms with Gasteiger partial charge in [-0.15, -0.1) is 11.3 Å². The molecule has 1 unspecified atom stereocenters. The molecular weight excluding hydrogens is 196 g/mol. The van der Waals surface area contributed by atoms with Crippen LogP contribution in [-0.2, 0) is 10.2 Å². The Morgan fingerprint density at radius 1 is 1.57 bits per heavy atom. The van der Waals surface area contributed by atoms with E-state index in [4.69, 9.17) is 0 Å². The summed E-state index contributed by atoms with van der Waals surface area (Å²) in [6.45, 7) is 0. The molecule has 0 radical (unpaired) electrons. The molecule has 1 heterocycles. The zero-order chi connectivity index (χ0) is 9.76. The summed E-state index contributed by atoms with van der Waals surface area (Å²) in [4.78, 5) is 12.4. The van der Waals surface area contributed by atoms with Crippen molar-refractivity contribution >= 4 is 17.3 Å². The highest BCUT2D eigenvalue weighted by atomic mass is 32.1. The highest BCUT2D eigenvalue weighted by molar-refractivity contribution is 7.10. The summed E-state index contributed by atoms with van der Waals surface area (Å²) in [6.07, 6.45) is 3.10. The van der Waals surface area contributed by atoms with Gasteiger partial charge in [0, 0.05) is 10.3 Å². The molecule has 2 nitrogen and oxygen atoms in total. The molecule has 14 heavy (non-hydrogen) atoms. The standard InChI is InChI=1S/C11H12O2S/c12-10(13)8-4-7-5-11(8,6-7)9-2-1-3-14-9/h1-3,7-8H,4-6H2,(H,12,13). The Hall–Kier alpha value is -0.830. The van der Waals surface area contributed by atoms with Gasteiger partial charge in [-0.2, -0.15) is 0 Å². The zero-order valence-electron chi connectivity index (χ0n) is 7.77. The molecular formula is C11H12O2S. The van der Waals surface area contributed by atoms with Gasteiger partial charge in [-0.05, 0) is 36.6 Å². The summed E-state index contributed by atoms with van der Waals surface area (Å²) in [6, 6.07) is 4.13. The van der Waals surface area contributed by atoms with Gasteiger partial charge >= 0.3 is 5.97 Å². The van der Waals surface area contributed by atoms with Crippen LogP contribution in [0, 0.1) is 11.8 Å². The highest BCUT2D eigenvalue weighted by Gasteiger charge is 2.61. The maximum atomic E-state index is 11.1. The monoisotopic (exact) mass is 208 g/mol. The fraction of sp³-hybridized carbons (Fsp3) is 0.545. The smallest absolute Gasteiger partial charge is 0.307 e. The van der Waals surface area contributed by atoms with Crippen molar-refractivity contribution in [2.45, 2.75) is 24.7 Å². The molecule has 3 aliphatic rings. The zero-order valence-corrected chi connectivity index (χ0v) is 8.59. The first-order valence-corrected chi connectivity index (χ1v) is 5.87. The number of carboxylic acids is 1. The fourth-order valence-electron chi connectivity index (χ4n) is 3.25. The first-order valence-electron chi connectivity index (χ1n) is 4.99. The number of fused-ring (bicyclic) bond motifs is 1. The van der Waals surface area contributed by atoms with Crippen LogP contribution in [0.4, 0.5) is 0 Å². The van der Waals surface area contributed by atoms with E-state index < -0.39 is 5.97 Å². The number of thiophene rings is 1. The number of carboxylic acid groups (broad SMARTS) is 1. The second kappa shape index (κ2) is 2.60. The summed E-state index contributed by atoms with van der Waals surface area (Å²) < 4.78 is 0. The van der Waals surface area contributed by atoms with Crippen LogP contribution in [0.15, 0.2) is 17.5 Å². The van der Waals surface area contributed by atoms with E-state index in [9.17, 15) is 9.90 Å². The van der Waals surface area contributed by atoms with Crippen LogP contribution >= 0.6 is 11.3 Å². The molecule has 74 valence electrons. The average molecular weight is 208 g/mol. The molecule has 3 aliphatic carbocycles. The molecule has 0 spiro atoms. The lowest BCUT2D eigenvalue weighted by atomic mass is 9.66. The second-order valence-electron chi connectivity index (χ2n) is 4.53. The third-order valence-corrected chi connectivity index (χ3v) is 4.94. The van der Waals surface area contributed by atoms with Crippen molar-refractivity contribution in [3.63, 3.8) is 0 Å². The van der Waals surface area contributed by atoms with Crippen molar-refractivity contribution in [1.82, 2.24) is 0 Å². The lowest BCUT2D eigenvalue weighted by Gasteiger charge is -2.39. The van der Waals surface area contributed by atoms with Crippen molar-refractivity contribution in [3.8, 4) is 0 Å². The number of carbonyl (C=O) groups is 1. The third-order valence-electron chi connectivity index (χ3n) is 3.85. The van der Waals surface area contributed by atoms with Gasteiger partial charge in [0.1, 0.15) is 0 Å². The average Bonchev–Trinajstić information content (AvgIpc) is 2.75. The van der Waals surface area contributed by atoms with Crippen molar-refractivity contribution in [1.29, 1.82) is 0 Å². The van der Waals surface area contributed by atoms with Gasteiger partial charge in [0.25, 0.3) is 0 Å². The SMILES string of the molecule is O=C(O)C1CC2CC1(c1cccs1)C2. The van der Waals surface area contributed by atoms with Crippen LogP contribution in [0.2, 0.25) is 0 Å². The molecule has 1 N–H and O–H groups in total. The van der Waals surface area contributed by atoms with E-state index in [2.05, 4.69) is 11.4 Å². The predicted octanol–water partition coefficient (Wildman–Crippen LogP) is 2.50. The Morgan fingerprint density at radius 3 is 2.93 bits per heavy atom. The molecule has 0 aliphatic heterocycles. The molecule has 3 heteroatoms.